The minimum atomic E-state index is -0.841. The molecule has 19 heavy (non-hydrogen) atoms. The Morgan fingerprint density at radius 1 is 1.21 bits per heavy atom. The van der Waals surface area contributed by atoms with Gasteiger partial charge in [0, 0.05) is 0 Å². The van der Waals surface area contributed by atoms with Gasteiger partial charge in [-0.3, -0.25) is 12.2 Å². The molecule has 0 aromatic heterocycles. The van der Waals surface area contributed by atoms with Crippen LogP contribution >= 0.6 is 0 Å². The number of hydrogen-bond acceptors (Lipinski definition) is 0. The van der Waals surface area contributed by atoms with E-state index in [9.17, 15) is 0 Å². The van der Waals surface area contributed by atoms with E-state index in [0.717, 1.165) is 6.42 Å². The van der Waals surface area contributed by atoms with Crippen LogP contribution in [0.15, 0.2) is 35.6 Å². The van der Waals surface area contributed by atoms with Crippen molar-refractivity contribution in [3.63, 3.8) is 0 Å². The summed E-state index contributed by atoms with van der Waals surface area (Å²) in [6.07, 6.45) is 20.6. The molecule has 1 saturated heterocycles. The molecular weight excluding hydrogens is 370 g/mol. The van der Waals surface area contributed by atoms with Crippen molar-refractivity contribution in [3.8, 4) is 0 Å². The SMILES string of the molecule is CC[Si]1(C2=[C-]C=CC2)CCC1.[C-]1=CC=CC1.[Cl-].[Cl-].[Zr+4]. The fourth-order valence-electron chi connectivity index (χ4n) is 2.58. The van der Waals surface area contributed by atoms with Crippen LogP contribution in [0.25, 0.3) is 0 Å². The average Bonchev–Trinajstić information content (AvgIpc) is 2.93. The van der Waals surface area contributed by atoms with Gasteiger partial charge in [0.1, 0.15) is 0 Å². The van der Waals surface area contributed by atoms with Gasteiger partial charge in [-0.05, 0) is 0 Å². The normalized spacial score (nSPS) is 19.9. The Kier molecular flexibility index (Phi) is 13.1. The Bertz CT molecular complexity index is 340. The van der Waals surface area contributed by atoms with Crippen molar-refractivity contribution in [2.75, 3.05) is 0 Å². The molecule has 0 radical (unpaired) electrons. The van der Waals surface area contributed by atoms with Gasteiger partial charge in [-0.25, -0.2) is 24.3 Å². The third kappa shape index (κ3) is 5.87. The standard InChI is InChI=1S/C10H15Si.C5H5.2ClH.Zr/c1-2-11(8-5-9-11)10-6-3-4-7-10;1-2-4-5-3-1;;;/h3-4H,2,5-6,8-9H2,1H3;1-3H,4H2;2*1H;/q2*-1;;;+4/p-2. The topological polar surface area (TPSA) is 0 Å². The summed E-state index contributed by atoms with van der Waals surface area (Å²) in [5, 5.41) is 1.71. The van der Waals surface area contributed by atoms with Gasteiger partial charge in [-0.1, -0.05) is 31.5 Å². The van der Waals surface area contributed by atoms with Gasteiger partial charge in [0.2, 0.25) is 0 Å². The summed E-state index contributed by atoms with van der Waals surface area (Å²) in [6.45, 7) is 2.37. The van der Waals surface area contributed by atoms with Crippen LogP contribution in [-0.4, -0.2) is 8.07 Å². The van der Waals surface area contributed by atoms with Crippen molar-refractivity contribution < 1.29 is 51.0 Å². The summed E-state index contributed by atoms with van der Waals surface area (Å²) >= 11 is 0. The minimum Gasteiger partial charge on any atom is -1.00 e. The van der Waals surface area contributed by atoms with Crippen molar-refractivity contribution in [1.82, 2.24) is 0 Å². The quantitative estimate of drug-likeness (QED) is 0.394. The second kappa shape index (κ2) is 11.3. The van der Waals surface area contributed by atoms with Crippen LogP contribution in [0.2, 0.25) is 18.1 Å². The maximum Gasteiger partial charge on any atom is 4.00 e. The van der Waals surface area contributed by atoms with Crippen LogP contribution in [0.3, 0.4) is 0 Å². The molecule has 1 fully saturated rings. The first-order chi connectivity index (χ1) is 7.87. The maximum atomic E-state index is 3.45. The molecule has 0 spiro atoms. The van der Waals surface area contributed by atoms with Crippen LogP contribution in [0.1, 0.15) is 26.2 Å². The average molecular weight is 391 g/mol. The number of halogens is 2. The summed E-state index contributed by atoms with van der Waals surface area (Å²) in [6, 6.07) is 4.55. The zero-order valence-corrected chi connectivity index (χ0v) is 16.4. The molecule has 1 heterocycles. The summed E-state index contributed by atoms with van der Waals surface area (Å²) < 4.78 is 0. The zero-order chi connectivity index (χ0) is 11.3. The van der Waals surface area contributed by atoms with E-state index in [1.54, 1.807) is 17.3 Å². The molecule has 102 valence electrons. The second-order valence-corrected chi connectivity index (χ2v) is 9.59. The largest absolute Gasteiger partial charge is 4.00 e. The first kappa shape index (κ1) is 21.9. The molecule has 0 bridgehead atoms. The number of hydrogen-bond donors (Lipinski definition) is 0. The fraction of sp³-hybridized carbons (Fsp3) is 0.467. The first-order valence-electron chi connectivity index (χ1n) is 6.37. The second-order valence-electron chi connectivity index (χ2n) is 4.72. The van der Waals surface area contributed by atoms with E-state index in [-0.39, 0.29) is 51.0 Å². The van der Waals surface area contributed by atoms with Crippen molar-refractivity contribution in [2.45, 2.75) is 44.3 Å². The van der Waals surface area contributed by atoms with Crippen molar-refractivity contribution in [2.24, 2.45) is 0 Å². The van der Waals surface area contributed by atoms with E-state index in [4.69, 9.17) is 0 Å². The molecule has 0 nitrogen and oxygen atoms in total. The Hall–Kier alpha value is 0.640. The Labute approximate surface area is 150 Å². The van der Waals surface area contributed by atoms with Gasteiger partial charge in [0.05, 0.1) is 8.07 Å². The van der Waals surface area contributed by atoms with Crippen LogP contribution in [0.4, 0.5) is 0 Å². The van der Waals surface area contributed by atoms with Gasteiger partial charge in [0.25, 0.3) is 0 Å². The van der Waals surface area contributed by atoms with E-state index in [1.165, 1.54) is 18.9 Å². The third-order valence-corrected chi connectivity index (χ3v) is 9.51. The van der Waals surface area contributed by atoms with Crippen molar-refractivity contribution in [3.05, 3.63) is 47.7 Å². The van der Waals surface area contributed by atoms with E-state index >= 15 is 0 Å². The first-order valence-corrected chi connectivity index (χ1v) is 8.99. The minimum absolute atomic E-state index is 0. The van der Waals surface area contributed by atoms with Gasteiger partial charge >= 0.3 is 26.2 Å². The summed E-state index contributed by atoms with van der Waals surface area (Å²) in [7, 11) is -0.841. The molecule has 0 amide bonds. The summed E-state index contributed by atoms with van der Waals surface area (Å²) in [5.41, 5.74) is 0. The molecule has 0 atom stereocenters. The Morgan fingerprint density at radius 3 is 2.21 bits per heavy atom. The van der Waals surface area contributed by atoms with Gasteiger partial charge in [0.15, 0.2) is 0 Å². The molecule has 3 rings (SSSR count). The van der Waals surface area contributed by atoms with E-state index in [1.807, 2.05) is 12.2 Å². The Balaban J connectivity index is 0. The van der Waals surface area contributed by atoms with Gasteiger partial charge in [-0.15, -0.1) is 12.8 Å². The number of rotatable bonds is 2. The molecule has 2 aliphatic carbocycles. The van der Waals surface area contributed by atoms with Crippen LogP contribution < -0.4 is 24.8 Å². The fourth-order valence-corrected chi connectivity index (χ4v) is 6.46. The van der Waals surface area contributed by atoms with Crippen molar-refractivity contribution >= 4 is 8.07 Å². The summed E-state index contributed by atoms with van der Waals surface area (Å²) in [5.74, 6) is 0. The monoisotopic (exact) mass is 388 g/mol. The zero-order valence-electron chi connectivity index (χ0n) is 11.4. The molecule has 0 unspecified atom stereocenters. The summed E-state index contributed by atoms with van der Waals surface area (Å²) in [4.78, 5) is 0. The van der Waals surface area contributed by atoms with E-state index in [2.05, 4.69) is 37.3 Å². The predicted octanol–water partition coefficient (Wildman–Crippen LogP) is -1.60. The smallest absolute Gasteiger partial charge is 1.00 e. The van der Waals surface area contributed by atoms with Gasteiger partial charge in [-0.2, -0.15) is 11.3 Å². The predicted molar refractivity (Wildman–Crippen MR) is 72.5 cm³/mol. The molecule has 4 heteroatoms. The molecule has 1 aliphatic heterocycles. The van der Waals surface area contributed by atoms with Crippen LogP contribution in [0.5, 0.6) is 0 Å². The van der Waals surface area contributed by atoms with Crippen LogP contribution in [0, 0.1) is 12.2 Å². The van der Waals surface area contributed by atoms with Crippen molar-refractivity contribution in [1.29, 1.82) is 0 Å². The maximum absolute atomic E-state index is 3.45. The molecule has 0 aromatic carbocycles. The molecule has 0 N–H and O–H groups in total. The third-order valence-electron chi connectivity index (χ3n) is 3.91. The molecule has 0 aromatic rings. The van der Waals surface area contributed by atoms with Crippen LogP contribution in [-0.2, 0) is 26.2 Å². The Morgan fingerprint density at radius 2 is 1.95 bits per heavy atom. The van der Waals surface area contributed by atoms with E-state index in [0.29, 0.717) is 0 Å². The molecule has 0 saturated carbocycles. The van der Waals surface area contributed by atoms with Gasteiger partial charge < -0.3 is 24.8 Å². The molecular formula is C15H20Cl2SiZr. The molecule has 3 aliphatic rings. The van der Waals surface area contributed by atoms with E-state index < -0.39 is 8.07 Å². The number of allylic oxidation sites excluding steroid dienone is 8.